The number of unbranched alkanes of at least 4 members (excludes halogenated alkanes) is 1. The van der Waals surface area contributed by atoms with Crippen molar-refractivity contribution < 1.29 is 97.0 Å². The highest BCUT2D eigenvalue weighted by molar-refractivity contribution is 6.31. The number of esters is 2. The van der Waals surface area contributed by atoms with Crippen LogP contribution in [-0.4, -0.2) is 172 Å². The third kappa shape index (κ3) is 22.9. The normalized spacial score (nSPS) is 24.4. The first-order valence-electron chi connectivity index (χ1n) is 31.9. The Morgan fingerprint density at radius 3 is 2.13 bits per heavy atom. The molecule has 2 aromatic carbocycles. The molecule has 26 heteroatoms. The van der Waals surface area contributed by atoms with E-state index in [9.17, 15) is 73.2 Å². The average molecular weight is 1320 g/mol. The van der Waals surface area contributed by atoms with Gasteiger partial charge in [0.2, 0.25) is 17.7 Å². The van der Waals surface area contributed by atoms with Crippen LogP contribution in [0.3, 0.4) is 0 Å². The smallest absolute Gasteiger partial charge is 0.347 e. The molecule has 0 aliphatic carbocycles. The average Bonchev–Trinajstić information content (AvgIpc) is 1.94. The summed E-state index contributed by atoms with van der Waals surface area (Å²) in [6, 6.07) is 10.4. The van der Waals surface area contributed by atoms with Gasteiger partial charge in [0.25, 0.3) is 17.7 Å². The molecular formula is C67H94ClN5O20. The Balaban J connectivity index is 1.28. The summed E-state index contributed by atoms with van der Waals surface area (Å²) in [5.41, 5.74) is 1.61. The van der Waals surface area contributed by atoms with Gasteiger partial charge in [0, 0.05) is 94.3 Å². The van der Waals surface area contributed by atoms with E-state index in [4.69, 9.17) is 35.4 Å². The van der Waals surface area contributed by atoms with Crippen LogP contribution in [0.2, 0.25) is 5.02 Å². The first kappa shape index (κ1) is 76.7. The Morgan fingerprint density at radius 2 is 1.49 bits per heavy atom. The van der Waals surface area contributed by atoms with Crippen LogP contribution in [0.5, 0.6) is 0 Å². The third-order valence-corrected chi connectivity index (χ3v) is 17.4. The number of hydroxylamine groups is 2. The van der Waals surface area contributed by atoms with Crippen LogP contribution in [-0.2, 0) is 89.4 Å². The van der Waals surface area contributed by atoms with E-state index in [2.05, 4.69) is 21.3 Å². The SMILES string of the molecule is CO[C@@H]1O[C@H](C(=O)NCCCC[C@H](CC(=O)[C@@H](NC(=O)CCCC(=O)ON2C(=O)CCC2=O)C(C)C)C(=O)CCc2ccc([C@@H](C)[C@H](O)[C@@H](C)[C@@H]3C/C=C/C(=O)N[C@H](Cc4ccc(C)c(Cl)c4)C(=O)NCC(C)(C)C(=O)O[C@@H](CC(C)C)C(=O)O3)cc2)[C@@H](O)[C@H](O)[C@H]1O. The van der Waals surface area contributed by atoms with Gasteiger partial charge in [0.1, 0.15) is 36.2 Å². The summed E-state index contributed by atoms with van der Waals surface area (Å²) in [6.07, 6.45) is -8.61. The molecule has 2 saturated heterocycles. The standard InChI is InChI=1S/C67H94ClN5O20/c1-36(2)31-50-64(87)90-49(16-13-17-51(76)71-46(33-42-21-20-38(5)45(68)32-42)62(85)70-35-67(8,9)66(88)91-50)40(7)57(81)39(6)43-25-22-41(23-26-43)24-27-47(74)44(15-11-12-30-69-63(86)61-59(83)58(82)60(84)65(89-10)92-61)34-48(75)56(37(3)4)72-52(77)18-14-19-55(80)93-73-53(78)28-29-54(73)79/h13,17,20-23,25-26,32,36-37,39-40,44,46,49-50,56-61,65,81-84H,11-12,14-16,18-19,24,27-31,33-35H2,1-10H3,(H,69,86)(H,70,85)(H,71,76)(H,72,77)/b17-13+/t39-,40+,44-,46-,49+,50+,56+,57+,58+,59+,60-,61+,65-/m1/s1. The number of hydrogen-bond donors (Lipinski definition) is 8. The predicted molar refractivity (Wildman–Crippen MR) is 336 cm³/mol. The fourth-order valence-electron chi connectivity index (χ4n) is 11.0. The van der Waals surface area contributed by atoms with Gasteiger partial charge in [0.05, 0.1) is 17.6 Å². The molecule has 25 nitrogen and oxygen atoms in total. The number of carbonyl (C=O) groups is 11. The van der Waals surface area contributed by atoms with Crippen molar-refractivity contribution in [2.24, 2.45) is 29.1 Å². The molecule has 514 valence electrons. The van der Waals surface area contributed by atoms with Crippen LogP contribution in [0.25, 0.3) is 0 Å². The van der Waals surface area contributed by atoms with Gasteiger partial charge in [-0.25, -0.2) is 9.59 Å². The summed E-state index contributed by atoms with van der Waals surface area (Å²) in [5.74, 6) is -9.73. The maximum atomic E-state index is 14.3. The Hall–Kier alpha value is -7.00. The molecule has 0 bridgehead atoms. The zero-order valence-electron chi connectivity index (χ0n) is 54.8. The number of imide groups is 1. The number of benzene rings is 2. The van der Waals surface area contributed by atoms with Gasteiger partial charge in [-0.2, -0.15) is 0 Å². The van der Waals surface area contributed by atoms with E-state index < -0.39 is 149 Å². The van der Waals surface area contributed by atoms with Gasteiger partial charge in [0.15, 0.2) is 24.3 Å². The number of cyclic esters (lactones) is 2. The molecule has 0 radical (unpaired) electrons. The Morgan fingerprint density at radius 1 is 0.828 bits per heavy atom. The second kappa shape index (κ2) is 36.0. The van der Waals surface area contributed by atoms with Crippen molar-refractivity contribution in [1.82, 2.24) is 26.3 Å². The van der Waals surface area contributed by atoms with Gasteiger partial charge in [-0.05, 0) is 99.1 Å². The Kier molecular flexibility index (Phi) is 29.7. The number of rotatable bonds is 29. The van der Waals surface area contributed by atoms with E-state index in [0.29, 0.717) is 34.1 Å². The second-order valence-corrected chi connectivity index (χ2v) is 26.3. The number of amides is 6. The zero-order valence-corrected chi connectivity index (χ0v) is 55.6. The maximum Gasteiger partial charge on any atom is 0.347 e. The topological polar surface area (TPSA) is 366 Å². The Labute approximate surface area is 548 Å². The van der Waals surface area contributed by atoms with E-state index in [1.807, 2.05) is 20.8 Å². The highest BCUT2D eigenvalue weighted by Gasteiger charge is 2.47. The van der Waals surface area contributed by atoms with E-state index in [1.54, 1.807) is 84.0 Å². The van der Waals surface area contributed by atoms with Crippen molar-refractivity contribution in [2.45, 2.75) is 219 Å². The molecule has 8 N–H and O–H groups in total. The number of ketones is 2. The van der Waals surface area contributed by atoms with Crippen LogP contribution in [0.4, 0.5) is 0 Å². The molecule has 5 rings (SSSR count). The van der Waals surface area contributed by atoms with Crippen LogP contribution < -0.4 is 21.3 Å². The summed E-state index contributed by atoms with van der Waals surface area (Å²) in [5, 5.41) is 54.7. The molecule has 0 aromatic heterocycles. The lowest BCUT2D eigenvalue weighted by Gasteiger charge is -2.38. The van der Waals surface area contributed by atoms with E-state index in [1.165, 1.54) is 19.3 Å². The highest BCUT2D eigenvalue weighted by Crippen LogP contribution is 2.31. The van der Waals surface area contributed by atoms with Crippen LogP contribution in [0.1, 0.15) is 161 Å². The largest absolute Gasteiger partial charge is 0.459 e. The van der Waals surface area contributed by atoms with Crippen LogP contribution in [0.15, 0.2) is 54.6 Å². The number of ether oxygens (including phenoxy) is 4. The number of halogens is 1. The quantitative estimate of drug-likeness (QED) is 0.0322. The zero-order chi connectivity index (χ0) is 69.0. The van der Waals surface area contributed by atoms with Crippen LogP contribution in [0, 0.1) is 36.0 Å². The molecule has 3 aliphatic rings. The summed E-state index contributed by atoms with van der Waals surface area (Å²) >= 11 is 6.40. The molecular weight excluding hydrogens is 1230 g/mol. The highest BCUT2D eigenvalue weighted by atomic mass is 35.5. The molecule has 0 unspecified atom stereocenters. The van der Waals surface area contributed by atoms with Gasteiger partial charge in [-0.1, -0.05) is 102 Å². The van der Waals surface area contributed by atoms with Gasteiger partial charge in [-0.15, -0.1) is 5.06 Å². The lowest BCUT2D eigenvalue weighted by molar-refractivity contribution is -0.283. The predicted octanol–water partition coefficient (Wildman–Crippen LogP) is 4.18. The maximum absolute atomic E-state index is 14.3. The van der Waals surface area contributed by atoms with Gasteiger partial charge < -0.3 is 65.5 Å². The molecule has 0 spiro atoms. The third-order valence-electron chi connectivity index (χ3n) is 17.0. The van der Waals surface area contributed by atoms with Crippen molar-refractivity contribution in [3.8, 4) is 0 Å². The summed E-state index contributed by atoms with van der Waals surface area (Å²) in [6.45, 7) is 15.4. The second-order valence-electron chi connectivity index (χ2n) is 25.9. The van der Waals surface area contributed by atoms with Crippen LogP contribution >= 0.6 is 11.6 Å². The van der Waals surface area contributed by atoms with Crippen molar-refractivity contribution in [3.05, 3.63) is 81.9 Å². The minimum atomic E-state index is -1.76. The lowest BCUT2D eigenvalue weighted by Crippen LogP contribution is -2.61. The lowest BCUT2D eigenvalue weighted by atomic mass is 9.83. The van der Waals surface area contributed by atoms with E-state index >= 15 is 0 Å². The Bertz CT molecular complexity index is 2970. The summed E-state index contributed by atoms with van der Waals surface area (Å²) < 4.78 is 22.4. The number of nitrogens with one attached hydrogen (secondary N) is 4. The number of hydrogen-bond acceptors (Lipinski definition) is 20. The number of aliphatic hydroxyl groups excluding tert-OH is 4. The molecule has 2 aromatic rings. The molecule has 93 heavy (non-hydrogen) atoms. The molecule has 3 heterocycles. The van der Waals surface area contributed by atoms with Crippen molar-refractivity contribution in [1.29, 1.82) is 0 Å². The first-order valence-corrected chi connectivity index (χ1v) is 32.3. The van der Waals surface area contributed by atoms with E-state index in [0.717, 1.165) is 11.1 Å². The summed E-state index contributed by atoms with van der Waals surface area (Å²) in [4.78, 5) is 151. The molecule has 0 saturated carbocycles. The molecule has 13 atom stereocenters. The minimum Gasteiger partial charge on any atom is -0.459 e. The monoisotopic (exact) mass is 1320 g/mol. The van der Waals surface area contributed by atoms with Crippen molar-refractivity contribution in [2.75, 3.05) is 20.2 Å². The van der Waals surface area contributed by atoms with Gasteiger partial charge >= 0.3 is 17.9 Å². The van der Waals surface area contributed by atoms with E-state index in [-0.39, 0.29) is 102 Å². The molecule has 6 amide bonds. The molecule has 3 aliphatic heterocycles. The van der Waals surface area contributed by atoms with Crippen molar-refractivity contribution in [3.63, 3.8) is 0 Å². The number of aryl methyl sites for hydroxylation is 2. The number of Topliss-reactive ketones (excluding diaryl/α,β-unsaturated/α-hetero) is 2. The first-order chi connectivity index (χ1) is 43.8. The van der Waals surface area contributed by atoms with Crippen molar-refractivity contribution >= 4 is 76.5 Å². The summed E-state index contributed by atoms with van der Waals surface area (Å²) in [7, 11) is 1.20. The number of nitrogens with zero attached hydrogens (tertiary/aromatic N) is 1. The molecule has 2 fully saturated rings. The number of carbonyl (C=O) groups excluding carboxylic acids is 11. The fraction of sp³-hybridized carbons (Fsp3) is 0.627. The number of aliphatic hydroxyl groups is 4. The minimum absolute atomic E-state index is 0.00289. The fourth-order valence-corrected chi connectivity index (χ4v) is 11.2. The number of methoxy groups -OCH3 is 1. The van der Waals surface area contributed by atoms with Gasteiger partial charge in [-0.3, -0.25) is 43.2 Å².